The first-order chi connectivity index (χ1) is 13.1. The number of ether oxygens (including phenoxy) is 1. The van der Waals surface area contributed by atoms with Gasteiger partial charge in [-0.25, -0.2) is 4.39 Å². The van der Waals surface area contributed by atoms with Gasteiger partial charge in [0, 0.05) is 24.1 Å². The fraction of sp³-hybridized carbons (Fsp3) is 0.200. The minimum Gasteiger partial charge on any atom is -0.383 e. The van der Waals surface area contributed by atoms with Crippen LogP contribution in [0.4, 0.5) is 10.1 Å². The molecule has 0 bridgehead atoms. The van der Waals surface area contributed by atoms with Gasteiger partial charge in [-0.3, -0.25) is 14.5 Å². The maximum Gasteiger partial charge on any atom is 0.265 e. The van der Waals surface area contributed by atoms with E-state index in [2.05, 4.69) is 5.32 Å². The Morgan fingerprint density at radius 2 is 1.96 bits per heavy atom. The lowest BCUT2D eigenvalue weighted by Crippen LogP contribution is -2.43. The van der Waals surface area contributed by atoms with Crippen LogP contribution in [0.15, 0.2) is 58.3 Å². The third-order valence-electron chi connectivity index (χ3n) is 3.95. The lowest BCUT2D eigenvalue weighted by molar-refractivity contribution is -0.122. The molecule has 2 aromatic carbocycles. The van der Waals surface area contributed by atoms with E-state index in [-0.39, 0.29) is 18.4 Å². The first-order valence-corrected chi connectivity index (χ1v) is 9.22. The molecule has 0 radical (unpaired) electrons. The highest BCUT2D eigenvalue weighted by atomic mass is 32.2. The summed E-state index contributed by atoms with van der Waals surface area (Å²) < 4.78 is 18.9. The summed E-state index contributed by atoms with van der Waals surface area (Å²) in [6.45, 7) is 0.644. The van der Waals surface area contributed by atoms with E-state index in [0.29, 0.717) is 29.3 Å². The molecule has 140 valence electrons. The number of anilines is 1. The zero-order chi connectivity index (χ0) is 19.2. The Bertz CT molecular complexity index is 885. The molecule has 0 spiro atoms. The Kier molecular flexibility index (Phi) is 6.26. The van der Waals surface area contributed by atoms with Gasteiger partial charge in [-0.05, 0) is 24.3 Å². The number of thioether (sulfide) groups is 1. The maximum absolute atomic E-state index is 14.0. The highest BCUT2D eigenvalue weighted by Gasteiger charge is 2.30. The van der Waals surface area contributed by atoms with Crippen LogP contribution in [0.2, 0.25) is 0 Å². The van der Waals surface area contributed by atoms with Crippen molar-refractivity contribution in [3.05, 3.63) is 64.8 Å². The predicted molar refractivity (Wildman–Crippen MR) is 104 cm³/mol. The second kappa shape index (κ2) is 8.83. The third-order valence-corrected chi connectivity index (χ3v) is 5.03. The summed E-state index contributed by atoms with van der Waals surface area (Å²) in [6, 6.07) is 13.6. The molecule has 0 saturated carbocycles. The van der Waals surface area contributed by atoms with E-state index in [1.807, 2.05) is 18.2 Å². The first kappa shape index (κ1) is 19.1. The van der Waals surface area contributed by atoms with Crippen molar-refractivity contribution >= 4 is 35.3 Å². The second-order valence-electron chi connectivity index (χ2n) is 5.83. The summed E-state index contributed by atoms with van der Waals surface area (Å²) >= 11 is 1.27. The zero-order valence-electron chi connectivity index (χ0n) is 14.8. The lowest BCUT2D eigenvalue weighted by atomic mass is 10.2. The van der Waals surface area contributed by atoms with Gasteiger partial charge in [0.2, 0.25) is 5.91 Å². The number of halogens is 1. The minimum absolute atomic E-state index is 0.116. The number of carbonyl (C=O) groups excluding carboxylic acids is 2. The van der Waals surface area contributed by atoms with Crippen molar-refractivity contribution in [3.8, 4) is 0 Å². The number of carbonyl (C=O) groups is 2. The van der Waals surface area contributed by atoms with Crippen molar-refractivity contribution < 1.29 is 18.7 Å². The van der Waals surface area contributed by atoms with Gasteiger partial charge in [-0.1, -0.05) is 42.1 Å². The summed E-state index contributed by atoms with van der Waals surface area (Å²) in [5.74, 6) is -1.02. The van der Waals surface area contributed by atoms with Crippen molar-refractivity contribution in [2.75, 3.05) is 31.7 Å². The van der Waals surface area contributed by atoms with Gasteiger partial charge in [-0.2, -0.15) is 0 Å². The number of amides is 2. The van der Waals surface area contributed by atoms with E-state index in [4.69, 9.17) is 4.74 Å². The molecule has 0 unspecified atom stereocenters. The van der Waals surface area contributed by atoms with Crippen LogP contribution in [0.1, 0.15) is 5.56 Å². The van der Waals surface area contributed by atoms with E-state index in [9.17, 15) is 14.0 Å². The number of rotatable bonds is 6. The molecule has 2 aromatic rings. The fourth-order valence-corrected chi connectivity index (χ4v) is 3.69. The van der Waals surface area contributed by atoms with Gasteiger partial charge >= 0.3 is 0 Å². The van der Waals surface area contributed by atoms with E-state index in [1.165, 1.54) is 28.8 Å². The predicted octanol–water partition coefficient (Wildman–Crippen LogP) is 3.07. The largest absolute Gasteiger partial charge is 0.383 e. The molecule has 0 aromatic heterocycles. The highest BCUT2D eigenvalue weighted by Crippen LogP contribution is 2.41. The smallest absolute Gasteiger partial charge is 0.265 e. The number of nitrogens with one attached hydrogen (secondary N) is 1. The SMILES string of the molecule is COCCNC(=O)CN1C(=O)/C(=C/c2ccccc2F)Sc2ccccc21. The molecule has 0 fully saturated rings. The fourth-order valence-electron chi connectivity index (χ4n) is 2.64. The second-order valence-corrected chi connectivity index (χ2v) is 6.92. The number of hydrogen-bond donors (Lipinski definition) is 1. The van der Waals surface area contributed by atoms with E-state index in [0.717, 1.165) is 4.90 Å². The van der Waals surface area contributed by atoms with Crippen LogP contribution < -0.4 is 10.2 Å². The monoisotopic (exact) mass is 386 g/mol. The molecule has 1 aliphatic rings. The standard InChI is InChI=1S/C20H19FN2O3S/c1-26-11-10-22-19(24)13-23-16-8-4-5-9-17(16)27-18(20(23)25)12-14-6-2-3-7-15(14)21/h2-9,12H,10-11,13H2,1H3,(H,22,24)/b18-12-. The topological polar surface area (TPSA) is 58.6 Å². The molecular formula is C20H19FN2O3S. The molecular weight excluding hydrogens is 367 g/mol. The number of fused-ring (bicyclic) bond motifs is 1. The molecule has 1 N–H and O–H groups in total. The first-order valence-electron chi connectivity index (χ1n) is 8.41. The molecule has 0 saturated heterocycles. The molecule has 1 aliphatic heterocycles. The van der Waals surface area contributed by atoms with Crippen LogP contribution in [0.5, 0.6) is 0 Å². The number of methoxy groups -OCH3 is 1. The van der Waals surface area contributed by atoms with Crippen LogP contribution in [-0.4, -0.2) is 38.6 Å². The summed E-state index contributed by atoms with van der Waals surface area (Å²) in [6.07, 6.45) is 1.52. The Morgan fingerprint density at radius 3 is 2.74 bits per heavy atom. The van der Waals surface area contributed by atoms with Crippen LogP contribution >= 0.6 is 11.8 Å². The summed E-state index contributed by atoms with van der Waals surface area (Å²) in [7, 11) is 1.55. The number of nitrogens with zero attached hydrogens (tertiary/aromatic N) is 1. The molecule has 27 heavy (non-hydrogen) atoms. The van der Waals surface area contributed by atoms with Crippen molar-refractivity contribution in [2.45, 2.75) is 4.90 Å². The van der Waals surface area contributed by atoms with Gasteiger partial charge < -0.3 is 10.1 Å². The van der Waals surface area contributed by atoms with Gasteiger partial charge in [0.1, 0.15) is 12.4 Å². The number of benzene rings is 2. The van der Waals surface area contributed by atoms with Crippen molar-refractivity contribution in [1.29, 1.82) is 0 Å². The quantitative estimate of drug-likeness (QED) is 0.612. The molecule has 7 heteroatoms. The average Bonchev–Trinajstić information content (AvgIpc) is 2.67. The van der Waals surface area contributed by atoms with Gasteiger partial charge in [-0.15, -0.1) is 0 Å². The van der Waals surface area contributed by atoms with Gasteiger partial charge in [0.05, 0.1) is 17.2 Å². The Labute approximate surface area is 161 Å². The molecule has 3 rings (SSSR count). The number of hydrogen-bond acceptors (Lipinski definition) is 4. The number of para-hydroxylation sites is 1. The van der Waals surface area contributed by atoms with Crippen LogP contribution in [0.3, 0.4) is 0 Å². The summed E-state index contributed by atoms with van der Waals surface area (Å²) in [4.78, 5) is 27.8. The Balaban J connectivity index is 1.89. The molecule has 5 nitrogen and oxygen atoms in total. The third kappa shape index (κ3) is 4.56. The van der Waals surface area contributed by atoms with E-state index < -0.39 is 5.82 Å². The van der Waals surface area contributed by atoms with E-state index in [1.54, 1.807) is 31.4 Å². The lowest BCUT2D eigenvalue weighted by Gasteiger charge is -2.29. The van der Waals surface area contributed by atoms with Crippen molar-refractivity contribution in [3.63, 3.8) is 0 Å². The van der Waals surface area contributed by atoms with Crippen LogP contribution in [0, 0.1) is 5.82 Å². The normalized spacial score (nSPS) is 15.0. The van der Waals surface area contributed by atoms with Gasteiger partial charge in [0.15, 0.2) is 0 Å². The molecule has 0 aliphatic carbocycles. The zero-order valence-corrected chi connectivity index (χ0v) is 15.6. The molecule has 2 amide bonds. The highest BCUT2D eigenvalue weighted by molar-refractivity contribution is 8.04. The minimum atomic E-state index is -0.402. The Morgan fingerprint density at radius 1 is 1.22 bits per heavy atom. The van der Waals surface area contributed by atoms with E-state index >= 15 is 0 Å². The molecule has 1 heterocycles. The maximum atomic E-state index is 14.0. The van der Waals surface area contributed by atoms with Gasteiger partial charge in [0.25, 0.3) is 5.91 Å². The Hall–Kier alpha value is -2.64. The van der Waals surface area contributed by atoms with Crippen LogP contribution in [-0.2, 0) is 14.3 Å². The summed E-state index contributed by atoms with van der Waals surface area (Å²) in [5, 5.41) is 2.71. The van der Waals surface area contributed by atoms with Crippen LogP contribution in [0.25, 0.3) is 6.08 Å². The molecule has 0 atom stereocenters. The van der Waals surface area contributed by atoms with Crippen molar-refractivity contribution in [1.82, 2.24) is 5.32 Å². The summed E-state index contributed by atoms with van der Waals surface area (Å²) in [5.41, 5.74) is 0.998. The average molecular weight is 386 g/mol. The van der Waals surface area contributed by atoms with Crippen molar-refractivity contribution in [2.24, 2.45) is 0 Å².